The van der Waals surface area contributed by atoms with Crippen LogP contribution in [0.4, 0.5) is 16.2 Å². The van der Waals surface area contributed by atoms with Crippen molar-refractivity contribution < 1.29 is 33.6 Å². The number of aliphatic hydroxyl groups excluding tert-OH is 1. The maximum atomic E-state index is 14.4. The van der Waals surface area contributed by atoms with Crippen LogP contribution in [-0.2, 0) is 11.3 Å². The molecule has 12 nitrogen and oxygen atoms in total. The third-order valence-electron chi connectivity index (χ3n) is 8.63. The Morgan fingerprint density at radius 2 is 1.73 bits per heavy atom. The van der Waals surface area contributed by atoms with E-state index in [-0.39, 0.29) is 37.4 Å². The van der Waals surface area contributed by atoms with Crippen LogP contribution in [-0.4, -0.2) is 90.2 Å². The van der Waals surface area contributed by atoms with E-state index >= 15 is 0 Å². The van der Waals surface area contributed by atoms with Gasteiger partial charge in [-0.15, -0.1) is 0 Å². The average Bonchev–Trinajstić information content (AvgIpc) is 3.54. The summed E-state index contributed by atoms with van der Waals surface area (Å²) in [5.41, 5.74) is 2.41. The monoisotopic (exact) mass is 661 g/mol. The van der Waals surface area contributed by atoms with E-state index in [1.165, 1.54) is 0 Å². The minimum Gasteiger partial charge on any atom is -0.490 e. The van der Waals surface area contributed by atoms with Gasteiger partial charge in [0.05, 0.1) is 30.4 Å². The summed E-state index contributed by atoms with van der Waals surface area (Å²) in [4.78, 5) is 35.4. The quantitative estimate of drug-likeness (QED) is 0.291. The lowest BCUT2D eigenvalue weighted by atomic mass is 10.0. The second-order valence-corrected chi connectivity index (χ2v) is 12.7. The summed E-state index contributed by atoms with van der Waals surface area (Å²) in [6, 6.07) is 13.3. The number of fused-ring (bicyclic) bond motifs is 2. The Bertz CT molecular complexity index is 1520. The molecule has 12 heteroatoms. The zero-order chi connectivity index (χ0) is 34.0. The lowest BCUT2D eigenvalue weighted by molar-refractivity contribution is -0.0177. The predicted molar refractivity (Wildman–Crippen MR) is 183 cm³/mol. The molecule has 0 unspecified atom stereocenters. The molecular formula is C36H47N5O7. The highest BCUT2D eigenvalue weighted by molar-refractivity contribution is 6.02. The normalized spacial score (nSPS) is 20.8. The number of carbonyl (C=O) groups is 2. The zero-order valence-electron chi connectivity index (χ0n) is 28.2. The van der Waals surface area contributed by atoms with Gasteiger partial charge in [0.2, 0.25) is 6.79 Å². The van der Waals surface area contributed by atoms with Gasteiger partial charge in [-0.3, -0.25) is 14.7 Å². The fourth-order valence-corrected chi connectivity index (χ4v) is 5.90. The Morgan fingerprint density at radius 3 is 2.48 bits per heavy atom. The van der Waals surface area contributed by atoms with E-state index < -0.39 is 12.1 Å². The van der Waals surface area contributed by atoms with Gasteiger partial charge >= 0.3 is 6.03 Å². The summed E-state index contributed by atoms with van der Waals surface area (Å²) < 4.78 is 23.6. The number of urea groups is 1. The van der Waals surface area contributed by atoms with Gasteiger partial charge in [0.1, 0.15) is 5.75 Å². The van der Waals surface area contributed by atoms with Crippen LogP contribution in [0, 0.1) is 5.92 Å². The Kier molecular flexibility index (Phi) is 12.1. The van der Waals surface area contributed by atoms with E-state index in [2.05, 4.69) is 34.5 Å². The third-order valence-corrected chi connectivity index (χ3v) is 8.63. The maximum absolute atomic E-state index is 14.4. The predicted octanol–water partition coefficient (Wildman–Crippen LogP) is 5.38. The lowest BCUT2D eigenvalue weighted by Crippen LogP contribution is -2.47. The Balaban J connectivity index is 1.36. The summed E-state index contributed by atoms with van der Waals surface area (Å²) in [5, 5.41) is 15.9. The maximum Gasteiger partial charge on any atom is 0.323 e. The first-order chi connectivity index (χ1) is 23.2. The number of nitrogens with one attached hydrogen (secondary N) is 2. The fraction of sp³-hybridized carbons (Fsp3) is 0.472. The van der Waals surface area contributed by atoms with E-state index in [9.17, 15) is 14.7 Å². The van der Waals surface area contributed by atoms with Crippen LogP contribution in [0.15, 0.2) is 60.9 Å². The molecule has 3 heterocycles. The van der Waals surface area contributed by atoms with Crippen molar-refractivity contribution >= 4 is 23.3 Å². The number of aromatic nitrogens is 1. The molecule has 0 spiro atoms. The van der Waals surface area contributed by atoms with Gasteiger partial charge < -0.3 is 39.6 Å². The SMILES string of the molecule is C[C@H]1CCCCO[C@H](CN(C)Cc2ccncc2)[C@@H](C)CN([C@@H](C)CO)C(=O)c2cc(NC(=O)Nc3ccc4c(c3)OCO4)ccc2O1. The van der Waals surface area contributed by atoms with E-state index in [4.69, 9.17) is 18.9 Å². The van der Waals surface area contributed by atoms with Crippen molar-refractivity contribution in [2.45, 2.75) is 64.8 Å². The summed E-state index contributed by atoms with van der Waals surface area (Å²) in [6.07, 6.45) is 5.85. The lowest BCUT2D eigenvalue weighted by Gasteiger charge is -2.36. The van der Waals surface area contributed by atoms with E-state index in [1.54, 1.807) is 53.7 Å². The zero-order valence-corrected chi connectivity index (χ0v) is 28.2. The molecule has 0 fully saturated rings. The van der Waals surface area contributed by atoms with Crippen molar-refractivity contribution in [3.8, 4) is 17.2 Å². The molecule has 5 rings (SSSR count). The van der Waals surface area contributed by atoms with Gasteiger partial charge in [0.15, 0.2) is 11.5 Å². The minimum absolute atomic E-state index is 0.0529. The third kappa shape index (κ3) is 9.36. The topological polar surface area (TPSA) is 135 Å². The highest BCUT2D eigenvalue weighted by atomic mass is 16.7. The second kappa shape index (κ2) is 16.6. The molecule has 0 saturated carbocycles. The molecule has 1 aromatic heterocycles. The molecule has 3 amide bonds. The molecule has 48 heavy (non-hydrogen) atoms. The van der Waals surface area contributed by atoms with Crippen LogP contribution in [0.5, 0.6) is 17.2 Å². The number of aliphatic hydroxyl groups is 1. The summed E-state index contributed by atoms with van der Waals surface area (Å²) in [5.74, 6) is 1.25. The Morgan fingerprint density at radius 1 is 1.02 bits per heavy atom. The molecule has 3 N–H and O–H groups in total. The van der Waals surface area contributed by atoms with Crippen molar-refractivity contribution in [1.29, 1.82) is 0 Å². The van der Waals surface area contributed by atoms with Crippen LogP contribution in [0.2, 0.25) is 0 Å². The first-order valence-electron chi connectivity index (χ1n) is 16.6. The number of rotatable bonds is 8. The van der Waals surface area contributed by atoms with Crippen molar-refractivity contribution in [2.24, 2.45) is 5.92 Å². The average molecular weight is 662 g/mol. The van der Waals surface area contributed by atoms with Gasteiger partial charge in [-0.05, 0) is 88.2 Å². The number of hydrogen-bond donors (Lipinski definition) is 3. The van der Waals surface area contributed by atoms with Crippen molar-refractivity contribution in [1.82, 2.24) is 14.8 Å². The van der Waals surface area contributed by atoms with Crippen molar-refractivity contribution in [3.05, 3.63) is 72.1 Å². The molecule has 3 aromatic rings. The molecule has 258 valence electrons. The molecule has 0 saturated heterocycles. The molecule has 2 aromatic carbocycles. The number of benzene rings is 2. The van der Waals surface area contributed by atoms with Crippen LogP contribution < -0.4 is 24.8 Å². The summed E-state index contributed by atoms with van der Waals surface area (Å²) in [6.45, 7) is 8.18. The van der Waals surface area contributed by atoms with Crippen LogP contribution in [0.3, 0.4) is 0 Å². The Hall–Kier alpha value is -4.39. The number of carbonyl (C=O) groups excluding carboxylic acids is 2. The largest absolute Gasteiger partial charge is 0.490 e. The molecule has 2 aliphatic heterocycles. The van der Waals surface area contributed by atoms with E-state index in [0.717, 1.165) is 31.4 Å². The molecular weight excluding hydrogens is 614 g/mol. The van der Waals surface area contributed by atoms with Crippen molar-refractivity contribution in [3.63, 3.8) is 0 Å². The number of likely N-dealkylation sites (N-methyl/N-ethyl adjacent to an activating group) is 1. The molecule has 0 radical (unpaired) electrons. The number of ether oxygens (including phenoxy) is 4. The first-order valence-corrected chi connectivity index (χ1v) is 16.6. The van der Waals surface area contributed by atoms with Gasteiger partial charge in [-0.2, -0.15) is 0 Å². The molecule has 0 bridgehead atoms. The smallest absolute Gasteiger partial charge is 0.323 e. The Labute approximate surface area is 282 Å². The van der Waals surface area contributed by atoms with Gasteiger partial charge in [-0.1, -0.05) is 6.92 Å². The van der Waals surface area contributed by atoms with Gasteiger partial charge in [0.25, 0.3) is 5.91 Å². The second-order valence-electron chi connectivity index (χ2n) is 12.7. The van der Waals surface area contributed by atoms with E-state index in [0.29, 0.717) is 53.9 Å². The molecule has 4 atom stereocenters. The molecule has 0 aliphatic carbocycles. The van der Waals surface area contributed by atoms with Crippen LogP contribution in [0.25, 0.3) is 0 Å². The van der Waals surface area contributed by atoms with Gasteiger partial charge in [-0.25, -0.2) is 4.79 Å². The van der Waals surface area contributed by atoms with Crippen LogP contribution in [0.1, 0.15) is 56.0 Å². The number of nitrogens with zero attached hydrogens (tertiary/aromatic N) is 3. The van der Waals surface area contributed by atoms with E-state index in [1.807, 2.05) is 26.0 Å². The summed E-state index contributed by atoms with van der Waals surface area (Å²) >= 11 is 0. The number of hydrogen-bond acceptors (Lipinski definition) is 9. The highest BCUT2D eigenvalue weighted by Crippen LogP contribution is 2.34. The first kappa shape index (κ1) is 34.9. The van der Waals surface area contributed by atoms with Crippen LogP contribution >= 0.6 is 0 Å². The van der Waals surface area contributed by atoms with Gasteiger partial charge in [0, 0.05) is 62.0 Å². The number of amides is 3. The standard InChI is InChI=1S/C36H47N5O7/c1-24-19-41(25(2)22-42)35(43)30-17-28(38-36(44)39-29-9-11-32-33(18-29)47-23-46-32)8-10-31(30)48-26(3)7-5-6-16-45-34(24)21-40(4)20-27-12-14-37-15-13-27/h8-15,17-18,24-26,34,42H,5-7,16,19-23H2,1-4H3,(H2,38,39,44)/t24-,25-,26-,34+/m0/s1. The highest BCUT2D eigenvalue weighted by Gasteiger charge is 2.30. The number of pyridine rings is 1. The van der Waals surface area contributed by atoms with Crippen molar-refractivity contribution in [2.75, 3.05) is 50.8 Å². The molecule has 2 aliphatic rings. The minimum atomic E-state index is -0.485. The summed E-state index contributed by atoms with van der Waals surface area (Å²) in [7, 11) is 2.06. The fourth-order valence-electron chi connectivity index (χ4n) is 5.90. The number of anilines is 2.